The van der Waals surface area contributed by atoms with Crippen molar-refractivity contribution in [3.8, 4) is 5.75 Å². The molecule has 0 saturated carbocycles. The number of nitrogens with one attached hydrogen (secondary N) is 1. The predicted molar refractivity (Wildman–Crippen MR) is 84.0 cm³/mol. The number of benzene rings is 2. The third-order valence-corrected chi connectivity index (χ3v) is 3.47. The number of hydrogen-bond acceptors (Lipinski definition) is 2. The van der Waals surface area contributed by atoms with Gasteiger partial charge in [0.1, 0.15) is 18.2 Å². The minimum atomic E-state index is -0.277. The molecule has 1 unspecified atom stereocenters. The van der Waals surface area contributed by atoms with Gasteiger partial charge in [-0.2, -0.15) is 0 Å². The van der Waals surface area contributed by atoms with Crippen LogP contribution in [0.5, 0.6) is 5.75 Å². The van der Waals surface area contributed by atoms with E-state index in [1.807, 2.05) is 38.1 Å². The fraction of sp³-hybridized carbons (Fsp3) is 0.333. The lowest BCUT2D eigenvalue weighted by atomic mass is 10.1. The molecular formula is C18H22FNO. The molecule has 0 aliphatic rings. The molecule has 0 aliphatic carbocycles. The highest BCUT2D eigenvalue weighted by molar-refractivity contribution is 5.36. The van der Waals surface area contributed by atoms with Crippen molar-refractivity contribution in [2.24, 2.45) is 0 Å². The molecule has 0 aliphatic heterocycles. The van der Waals surface area contributed by atoms with Crippen molar-refractivity contribution >= 4 is 0 Å². The molecule has 2 aromatic carbocycles. The summed E-state index contributed by atoms with van der Waals surface area (Å²) in [6, 6.07) is 13.0. The van der Waals surface area contributed by atoms with E-state index in [-0.39, 0.29) is 11.9 Å². The summed E-state index contributed by atoms with van der Waals surface area (Å²) in [5, 5.41) is 3.32. The van der Waals surface area contributed by atoms with Crippen LogP contribution >= 0.6 is 0 Å². The van der Waals surface area contributed by atoms with Crippen LogP contribution in [0.1, 0.15) is 36.6 Å². The molecule has 0 radical (unpaired) electrons. The Morgan fingerprint density at radius 2 is 1.86 bits per heavy atom. The first kappa shape index (κ1) is 15.5. The minimum absolute atomic E-state index is 0.128. The Morgan fingerprint density at radius 3 is 2.52 bits per heavy atom. The van der Waals surface area contributed by atoms with Crippen LogP contribution in [0.4, 0.5) is 4.39 Å². The molecule has 1 atom stereocenters. The van der Waals surface area contributed by atoms with Gasteiger partial charge in [0.15, 0.2) is 0 Å². The van der Waals surface area contributed by atoms with Crippen molar-refractivity contribution in [1.29, 1.82) is 0 Å². The van der Waals surface area contributed by atoms with Gasteiger partial charge in [-0.3, -0.25) is 0 Å². The Labute approximate surface area is 126 Å². The maximum absolute atomic E-state index is 13.5. The van der Waals surface area contributed by atoms with Crippen LogP contribution in [0.2, 0.25) is 0 Å². The fourth-order valence-electron chi connectivity index (χ4n) is 2.25. The Bertz CT molecular complexity index is 580. The number of hydrogen-bond donors (Lipinski definition) is 1. The lowest BCUT2D eigenvalue weighted by molar-refractivity contribution is 0.298. The summed E-state index contributed by atoms with van der Waals surface area (Å²) in [4.78, 5) is 0. The van der Waals surface area contributed by atoms with Gasteiger partial charge in [0.2, 0.25) is 0 Å². The molecule has 1 N–H and O–H groups in total. The van der Waals surface area contributed by atoms with E-state index in [0.29, 0.717) is 12.4 Å². The van der Waals surface area contributed by atoms with Crippen molar-refractivity contribution < 1.29 is 9.13 Å². The van der Waals surface area contributed by atoms with E-state index in [4.69, 9.17) is 4.74 Å². The first-order chi connectivity index (χ1) is 10.1. The van der Waals surface area contributed by atoms with Crippen molar-refractivity contribution in [2.45, 2.75) is 33.4 Å². The van der Waals surface area contributed by atoms with Crippen LogP contribution in [0, 0.1) is 12.7 Å². The Morgan fingerprint density at radius 1 is 1.14 bits per heavy atom. The molecular weight excluding hydrogens is 265 g/mol. The van der Waals surface area contributed by atoms with Crippen molar-refractivity contribution in [2.75, 3.05) is 6.54 Å². The zero-order chi connectivity index (χ0) is 15.2. The summed E-state index contributed by atoms with van der Waals surface area (Å²) in [7, 11) is 0. The maximum Gasteiger partial charge on any atom is 0.127 e. The molecule has 0 saturated heterocycles. The summed E-state index contributed by atoms with van der Waals surface area (Å²) in [5.41, 5.74) is 3.27. The standard InChI is InChI=1S/C18H22FNO/c1-4-20-14(3)17-10-9-16(19)11-18(17)21-12-15-7-5-13(2)6-8-15/h5-11,14,20H,4,12H2,1-3H3. The van der Waals surface area contributed by atoms with E-state index in [2.05, 4.69) is 12.2 Å². The predicted octanol–water partition coefficient (Wildman–Crippen LogP) is 4.38. The molecule has 0 bridgehead atoms. The summed E-state index contributed by atoms with van der Waals surface area (Å²) in [6.07, 6.45) is 0. The van der Waals surface area contributed by atoms with E-state index in [0.717, 1.165) is 17.7 Å². The average molecular weight is 287 g/mol. The number of aryl methyl sites for hydroxylation is 1. The first-order valence-corrected chi connectivity index (χ1v) is 7.31. The third-order valence-electron chi connectivity index (χ3n) is 3.47. The Kier molecular flexibility index (Phi) is 5.34. The Balaban J connectivity index is 2.14. The molecule has 21 heavy (non-hydrogen) atoms. The van der Waals surface area contributed by atoms with Gasteiger partial charge in [-0.1, -0.05) is 42.8 Å². The number of rotatable bonds is 6. The summed E-state index contributed by atoms with van der Waals surface area (Å²) in [6.45, 7) is 7.45. The first-order valence-electron chi connectivity index (χ1n) is 7.31. The topological polar surface area (TPSA) is 21.3 Å². The minimum Gasteiger partial charge on any atom is -0.488 e. The second kappa shape index (κ2) is 7.23. The molecule has 0 spiro atoms. The maximum atomic E-state index is 13.5. The second-order valence-electron chi connectivity index (χ2n) is 5.24. The SMILES string of the molecule is CCNC(C)c1ccc(F)cc1OCc1ccc(C)cc1. The quantitative estimate of drug-likeness (QED) is 0.851. The van der Waals surface area contributed by atoms with Gasteiger partial charge < -0.3 is 10.1 Å². The van der Waals surface area contributed by atoms with Crippen molar-refractivity contribution in [1.82, 2.24) is 5.32 Å². The van der Waals surface area contributed by atoms with Crippen molar-refractivity contribution in [3.63, 3.8) is 0 Å². The fourth-order valence-corrected chi connectivity index (χ4v) is 2.25. The lowest BCUT2D eigenvalue weighted by Gasteiger charge is -2.18. The highest BCUT2D eigenvalue weighted by Crippen LogP contribution is 2.27. The molecule has 2 nitrogen and oxygen atoms in total. The van der Waals surface area contributed by atoms with Crippen LogP contribution < -0.4 is 10.1 Å². The highest BCUT2D eigenvalue weighted by atomic mass is 19.1. The van der Waals surface area contributed by atoms with Gasteiger partial charge in [0.05, 0.1) is 0 Å². The summed E-state index contributed by atoms with van der Waals surface area (Å²) >= 11 is 0. The summed E-state index contributed by atoms with van der Waals surface area (Å²) < 4.78 is 19.3. The van der Waals surface area contributed by atoms with Crippen LogP contribution in [0.3, 0.4) is 0 Å². The van der Waals surface area contributed by atoms with E-state index < -0.39 is 0 Å². The number of halogens is 1. The normalized spacial score (nSPS) is 12.2. The van der Waals surface area contributed by atoms with Gasteiger partial charge in [-0.25, -0.2) is 4.39 Å². The number of ether oxygens (including phenoxy) is 1. The Hall–Kier alpha value is -1.87. The van der Waals surface area contributed by atoms with E-state index in [1.165, 1.54) is 17.7 Å². The lowest BCUT2D eigenvalue weighted by Crippen LogP contribution is -2.18. The van der Waals surface area contributed by atoms with Crippen LogP contribution in [-0.4, -0.2) is 6.54 Å². The van der Waals surface area contributed by atoms with Crippen molar-refractivity contribution in [3.05, 3.63) is 65.0 Å². The van der Waals surface area contributed by atoms with E-state index in [1.54, 1.807) is 6.07 Å². The smallest absolute Gasteiger partial charge is 0.127 e. The average Bonchev–Trinajstić information content (AvgIpc) is 2.47. The molecule has 112 valence electrons. The van der Waals surface area contributed by atoms with Crippen LogP contribution in [-0.2, 0) is 6.61 Å². The van der Waals surface area contributed by atoms with Crippen LogP contribution in [0.15, 0.2) is 42.5 Å². The van der Waals surface area contributed by atoms with Gasteiger partial charge in [0, 0.05) is 17.7 Å². The van der Waals surface area contributed by atoms with Gasteiger partial charge in [0.25, 0.3) is 0 Å². The molecule has 0 amide bonds. The van der Waals surface area contributed by atoms with Gasteiger partial charge in [-0.15, -0.1) is 0 Å². The zero-order valence-electron chi connectivity index (χ0n) is 12.8. The molecule has 3 heteroatoms. The van der Waals surface area contributed by atoms with E-state index in [9.17, 15) is 4.39 Å². The summed E-state index contributed by atoms with van der Waals surface area (Å²) in [5.74, 6) is 0.324. The third kappa shape index (κ3) is 4.30. The highest BCUT2D eigenvalue weighted by Gasteiger charge is 2.12. The van der Waals surface area contributed by atoms with Crippen LogP contribution in [0.25, 0.3) is 0 Å². The monoisotopic (exact) mass is 287 g/mol. The molecule has 0 fully saturated rings. The van der Waals surface area contributed by atoms with E-state index >= 15 is 0 Å². The molecule has 2 aromatic rings. The molecule has 0 heterocycles. The van der Waals surface area contributed by atoms with Gasteiger partial charge >= 0.3 is 0 Å². The second-order valence-corrected chi connectivity index (χ2v) is 5.24. The molecule has 0 aromatic heterocycles. The molecule has 2 rings (SSSR count). The zero-order valence-corrected chi connectivity index (χ0v) is 12.8. The van der Waals surface area contributed by atoms with Gasteiger partial charge in [-0.05, 0) is 32.0 Å². The largest absolute Gasteiger partial charge is 0.488 e.